The fraction of sp³-hybridized carbons (Fsp3) is 0.211. The van der Waals surface area contributed by atoms with Crippen molar-refractivity contribution in [3.05, 3.63) is 70.6 Å². The van der Waals surface area contributed by atoms with Crippen molar-refractivity contribution in [3.63, 3.8) is 0 Å². The van der Waals surface area contributed by atoms with E-state index in [0.29, 0.717) is 12.2 Å². The van der Waals surface area contributed by atoms with E-state index in [1.54, 1.807) is 26.0 Å². The highest BCUT2D eigenvalue weighted by Gasteiger charge is 2.03. The second kappa shape index (κ2) is 9.04. The number of hydrogen-bond donors (Lipinski definition) is 0. The number of ether oxygens (including phenoxy) is 2. The lowest BCUT2D eigenvalue weighted by Crippen LogP contribution is -1.94. The van der Waals surface area contributed by atoms with Crippen LogP contribution in [0.25, 0.3) is 5.57 Å². The molecule has 0 heterocycles. The molecule has 0 aromatic heterocycles. The Labute approximate surface area is 141 Å². The molecule has 0 amide bonds. The van der Waals surface area contributed by atoms with E-state index in [-0.39, 0.29) is 0 Å². The van der Waals surface area contributed by atoms with E-state index in [9.17, 15) is 0 Å². The summed E-state index contributed by atoms with van der Waals surface area (Å²) >= 11 is 1.72. The third-order valence-electron chi connectivity index (χ3n) is 3.32. The lowest BCUT2D eigenvalue weighted by molar-refractivity contribution is 0.240. The fourth-order valence-corrected chi connectivity index (χ4v) is 2.93. The van der Waals surface area contributed by atoms with E-state index < -0.39 is 0 Å². The van der Waals surface area contributed by atoms with E-state index in [0.717, 1.165) is 22.6 Å². The minimum absolute atomic E-state index is 0.562. The minimum Gasteiger partial charge on any atom is -0.497 e. The molecule has 0 unspecified atom stereocenters. The maximum absolute atomic E-state index is 8.81. The van der Waals surface area contributed by atoms with Crippen LogP contribution in [0.3, 0.4) is 0 Å². The predicted molar refractivity (Wildman–Crippen MR) is 95.3 cm³/mol. The number of nitriles is 1. The molecule has 0 atom stereocenters. The lowest BCUT2D eigenvalue weighted by Gasteiger charge is -2.08. The largest absolute Gasteiger partial charge is 0.497 e. The van der Waals surface area contributed by atoms with Gasteiger partial charge in [-0.1, -0.05) is 24.3 Å². The van der Waals surface area contributed by atoms with Gasteiger partial charge in [0.15, 0.2) is 0 Å². The molecule has 4 heteroatoms. The summed E-state index contributed by atoms with van der Waals surface area (Å²) in [6.45, 7) is 0.562. The molecule has 3 nitrogen and oxygen atoms in total. The van der Waals surface area contributed by atoms with Crippen LogP contribution in [0.1, 0.15) is 16.7 Å². The Morgan fingerprint density at radius 1 is 1.09 bits per heavy atom. The molecule has 0 fully saturated rings. The number of methoxy groups -OCH3 is 2. The summed E-state index contributed by atoms with van der Waals surface area (Å²) < 4.78 is 10.5. The summed E-state index contributed by atoms with van der Waals surface area (Å²) in [6, 6.07) is 17.8. The van der Waals surface area contributed by atoms with Crippen LogP contribution in [-0.4, -0.2) is 20.8 Å². The molecular formula is C19H19NO2S. The molecular weight excluding hydrogens is 306 g/mol. The summed E-state index contributed by atoms with van der Waals surface area (Å²) in [7, 11) is 3.36. The average molecular weight is 325 g/mol. The van der Waals surface area contributed by atoms with Crippen LogP contribution in [0.4, 0.5) is 0 Å². The number of nitrogens with zero attached hydrogens (tertiary/aromatic N) is 1. The molecule has 0 saturated carbocycles. The molecule has 2 rings (SSSR count). The Morgan fingerprint density at radius 3 is 2.35 bits per heavy atom. The quantitative estimate of drug-likeness (QED) is 0.752. The van der Waals surface area contributed by atoms with Crippen molar-refractivity contribution in [2.45, 2.75) is 5.75 Å². The van der Waals surface area contributed by atoms with Gasteiger partial charge in [0.25, 0.3) is 0 Å². The molecule has 0 bridgehead atoms. The zero-order valence-corrected chi connectivity index (χ0v) is 14.1. The van der Waals surface area contributed by atoms with E-state index >= 15 is 0 Å². The number of benzene rings is 2. The summed E-state index contributed by atoms with van der Waals surface area (Å²) in [6.07, 6.45) is 0. The van der Waals surface area contributed by atoms with Crippen molar-refractivity contribution in [3.8, 4) is 11.8 Å². The number of rotatable bonds is 7. The van der Waals surface area contributed by atoms with Gasteiger partial charge < -0.3 is 9.47 Å². The van der Waals surface area contributed by atoms with Gasteiger partial charge in [-0.15, -0.1) is 11.8 Å². The lowest BCUT2D eigenvalue weighted by atomic mass is 10.1. The van der Waals surface area contributed by atoms with Crippen LogP contribution in [0.5, 0.6) is 5.75 Å². The molecule has 0 aliphatic carbocycles. The summed E-state index contributed by atoms with van der Waals surface area (Å²) in [5.41, 5.74) is 4.14. The Kier molecular flexibility index (Phi) is 6.74. The van der Waals surface area contributed by atoms with Gasteiger partial charge in [0.1, 0.15) is 5.75 Å². The monoisotopic (exact) mass is 325 g/mol. The van der Waals surface area contributed by atoms with Crippen molar-refractivity contribution in [2.24, 2.45) is 0 Å². The molecule has 0 saturated heterocycles. The maximum atomic E-state index is 8.81. The van der Waals surface area contributed by atoms with E-state index in [1.807, 2.05) is 48.5 Å². The van der Waals surface area contributed by atoms with Crippen LogP contribution in [0.2, 0.25) is 0 Å². The highest BCUT2D eigenvalue weighted by Crippen LogP contribution is 2.23. The molecule has 2 aromatic carbocycles. The molecule has 0 radical (unpaired) electrons. The third-order valence-corrected chi connectivity index (χ3v) is 4.27. The number of hydrogen-bond acceptors (Lipinski definition) is 4. The normalized spacial score (nSPS) is 11.1. The second-order valence-electron chi connectivity index (χ2n) is 4.92. The van der Waals surface area contributed by atoms with Crippen LogP contribution < -0.4 is 4.74 Å². The van der Waals surface area contributed by atoms with Gasteiger partial charge in [-0.05, 0) is 46.4 Å². The first-order chi connectivity index (χ1) is 11.3. The predicted octanol–water partition coefficient (Wildman–Crippen LogP) is 4.49. The second-order valence-corrected chi connectivity index (χ2v) is 5.78. The average Bonchev–Trinajstić information content (AvgIpc) is 2.61. The Morgan fingerprint density at radius 2 is 1.78 bits per heavy atom. The standard InChI is InChI=1S/C19H19NO2S/c1-21-12-18(17-7-9-19(22-2)10-8-17)14-23-13-16-5-3-15(11-20)4-6-16/h3-10,14H,12-13H2,1-2H3/b18-14+. The van der Waals surface area contributed by atoms with E-state index in [2.05, 4.69) is 11.5 Å². The molecule has 0 spiro atoms. The minimum atomic E-state index is 0.562. The van der Waals surface area contributed by atoms with Crippen molar-refractivity contribution in [2.75, 3.05) is 20.8 Å². The zero-order chi connectivity index (χ0) is 16.5. The molecule has 118 valence electrons. The molecule has 2 aromatic rings. The van der Waals surface area contributed by atoms with Crippen LogP contribution >= 0.6 is 11.8 Å². The Hall–Kier alpha value is -2.22. The smallest absolute Gasteiger partial charge is 0.118 e. The maximum Gasteiger partial charge on any atom is 0.118 e. The van der Waals surface area contributed by atoms with Gasteiger partial charge in [-0.25, -0.2) is 0 Å². The van der Waals surface area contributed by atoms with Crippen molar-refractivity contribution >= 4 is 17.3 Å². The number of thioether (sulfide) groups is 1. The first-order valence-electron chi connectivity index (χ1n) is 7.20. The highest BCUT2D eigenvalue weighted by atomic mass is 32.2. The van der Waals surface area contributed by atoms with E-state index in [1.165, 1.54) is 5.56 Å². The summed E-state index contributed by atoms with van der Waals surface area (Å²) in [5, 5.41) is 10.9. The van der Waals surface area contributed by atoms with Crippen LogP contribution in [0.15, 0.2) is 53.9 Å². The summed E-state index contributed by atoms with van der Waals surface area (Å²) in [4.78, 5) is 0. The van der Waals surface area contributed by atoms with Gasteiger partial charge in [0.2, 0.25) is 0 Å². The van der Waals surface area contributed by atoms with Crippen molar-refractivity contribution < 1.29 is 9.47 Å². The van der Waals surface area contributed by atoms with Gasteiger partial charge in [-0.3, -0.25) is 0 Å². The van der Waals surface area contributed by atoms with Crippen LogP contribution in [0, 0.1) is 11.3 Å². The van der Waals surface area contributed by atoms with Gasteiger partial charge in [-0.2, -0.15) is 5.26 Å². The zero-order valence-electron chi connectivity index (χ0n) is 13.3. The Balaban J connectivity index is 2.04. The molecule has 0 aliphatic heterocycles. The SMILES string of the molecule is COC/C(=C\SCc1ccc(C#N)cc1)c1ccc(OC)cc1. The first kappa shape index (κ1) is 17.1. The molecule has 23 heavy (non-hydrogen) atoms. The molecule has 0 N–H and O–H groups in total. The summed E-state index contributed by atoms with van der Waals surface area (Å²) in [5.74, 6) is 1.70. The topological polar surface area (TPSA) is 42.2 Å². The fourth-order valence-electron chi connectivity index (χ4n) is 2.06. The van der Waals surface area contributed by atoms with Crippen molar-refractivity contribution in [1.29, 1.82) is 5.26 Å². The third kappa shape index (κ3) is 5.17. The van der Waals surface area contributed by atoms with Crippen molar-refractivity contribution in [1.82, 2.24) is 0 Å². The first-order valence-corrected chi connectivity index (χ1v) is 8.24. The van der Waals surface area contributed by atoms with Gasteiger partial charge >= 0.3 is 0 Å². The Bertz CT molecular complexity index is 685. The van der Waals surface area contributed by atoms with Gasteiger partial charge in [0, 0.05) is 12.9 Å². The molecule has 0 aliphatic rings. The van der Waals surface area contributed by atoms with E-state index in [4.69, 9.17) is 14.7 Å². The van der Waals surface area contributed by atoms with Gasteiger partial charge in [0.05, 0.1) is 25.3 Å². The van der Waals surface area contributed by atoms with Crippen LogP contribution in [-0.2, 0) is 10.5 Å². The highest BCUT2D eigenvalue weighted by molar-refractivity contribution is 8.01.